The van der Waals surface area contributed by atoms with E-state index in [-0.39, 0.29) is 11.2 Å². The highest BCUT2D eigenvalue weighted by Gasteiger charge is 2.29. The number of aromatic nitrogens is 4. The van der Waals surface area contributed by atoms with E-state index in [2.05, 4.69) is 41.6 Å². The van der Waals surface area contributed by atoms with Crippen LogP contribution in [-0.4, -0.2) is 25.2 Å². The van der Waals surface area contributed by atoms with Crippen LogP contribution in [0.25, 0.3) is 11.2 Å². The van der Waals surface area contributed by atoms with Gasteiger partial charge in [-0.3, -0.25) is 13.9 Å². The molecule has 0 N–H and O–H groups in total. The second-order valence-corrected chi connectivity index (χ2v) is 9.28. The van der Waals surface area contributed by atoms with E-state index >= 15 is 0 Å². The van der Waals surface area contributed by atoms with Crippen LogP contribution >= 0.6 is 15.9 Å². The minimum atomic E-state index is -0.304. The smallest absolute Gasteiger partial charge is 0.312 e. The zero-order chi connectivity index (χ0) is 20.9. The summed E-state index contributed by atoms with van der Waals surface area (Å²) in [4.78, 5) is 33.0. The van der Waals surface area contributed by atoms with Crippen molar-refractivity contribution < 1.29 is 0 Å². The van der Waals surface area contributed by atoms with Gasteiger partial charge in [-0.05, 0) is 42.5 Å². The SMILES string of the molecule is CC(C)CCn1c(=O)c2c(nc3n2C[C@H](C)CN3c2ccc(Br)cc2)n(C)c1=O. The Labute approximate surface area is 177 Å². The van der Waals surface area contributed by atoms with E-state index in [1.165, 1.54) is 9.13 Å². The van der Waals surface area contributed by atoms with Crippen LogP contribution in [0, 0.1) is 11.8 Å². The maximum Gasteiger partial charge on any atom is 0.332 e. The zero-order valence-electron chi connectivity index (χ0n) is 17.2. The molecule has 29 heavy (non-hydrogen) atoms. The molecule has 0 aliphatic carbocycles. The predicted molar refractivity (Wildman–Crippen MR) is 119 cm³/mol. The Balaban J connectivity index is 1.94. The zero-order valence-corrected chi connectivity index (χ0v) is 18.8. The van der Waals surface area contributed by atoms with Gasteiger partial charge in [0, 0.05) is 36.8 Å². The van der Waals surface area contributed by atoms with Crippen LogP contribution in [0.2, 0.25) is 0 Å². The van der Waals surface area contributed by atoms with Gasteiger partial charge in [0.1, 0.15) is 0 Å². The van der Waals surface area contributed by atoms with Gasteiger partial charge in [-0.2, -0.15) is 4.98 Å². The third-order valence-electron chi connectivity index (χ3n) is 5.51. The van der Waals surface area contributed by atoms with Gasteiger partial charge >= 0.3 is 5.69 Å². The molecule has 1 atom stereocenters. The largest absolute Gasteiger partial charge is 0.332 e. The number of halogens is 1. The lowest BCUT2D eigenvalue weighted by Gasteiger charge is -2.33. The van der Waals surface area contributed by atoms with Crippen molar-refractivity contribution >= 4 is 38.7 Å². The number of hydrogen-bond acceptors (Lipinski definition) is 4. The molecule has 0 saturated carbocycles. The highest BCUT2D eigenvalue weighted by molar-refractivity contribution is 9.10. The van der Waals surface area contributed by atoms with Crippen molar-refractivity contribution in [3.8, 4) is 0 Å². The number of hydrogen-bond donors (Lipinski definition) is 0. The molecule has 2 aromatic heterocycles. The van der Waals surface area contributed by atoms with Crippen LogP contribution in [0.15, 0.2) is 38.3 Å². The fourth-order valence-electron chi connectivity index (χ4n) is 3.93. The summed E-state index contributed by atoms with van der Waals surface area (Å²) in [5.74, 6) is 1.47. The quantitative estimate of drug-likeness (QED) is 0.598. The minimum Gasteiger partial charge on any atom is -0.312 e. The molecule has 154 valence electrons. The van der Waals surface area contributed by atoms with Crippen molar-refractivity contribution in [3.05, 3.63) is 49.6 Å². The van der Waals surface area contributed by atoms with Gasteiger partial charge in [0.25, 0.3) is 5.56 Å². The van der Waals surface area contributed by atoms with Gasteiger partial charge in [0.15, 0.2) is 11.2 Å². The van der Waals surface area contributed by atoms with Crippen LogP contribution < -0.4 is 16.1 Å². The van der Waals surface area contributed by atoms with Crippen LogP contribution in [0.1, 0.15) is 27.2 Å². The van der Waals surface area contributed by atoms with E-state index in [4.69, 9.17) is 4.98 Å². The Morgan fingerprint density at radius 3 is 2.52 bits per heavy atom. The van der Waals surface area contributed by atoms with Gasteiger partial charge in [0.05, 0.1) is 0 Å². The van der Waals surface area contributed by atoms with E-state index in [0.29, 0.717) is 42.0 Å². The van der Waals surface area contributed by atoms with Crippen molar-refractivity contribution in [2.24, 2.45) is 18.9 Å². The van der Waals surface area contributed by atoms with Gasteiger partial charge in [0.2, 0.25) is 5.95 Å². The van der Waals surface area contributed by atoms with Crippen molar-refractivity contribution in [2.45, 2.75) is 40.3 Å². The summed E-state index contributed by atoms with van der Waals surface area (Å²) in [5.41, 5.74) is 1.43. The molecular formula is C21H26BrN5O2. The molecule has 3 heterocycles. The number of nitrogens with zero attached hydrogens (tertiary/aromatic N) is 5. The lowest BCUT2D eigenvalue weighted by molar-refractivity contribution is 0.455. The van der Waals surface area contributed by atoms with E-state index < -0.39 is 0 Å². The van der Waals surface area contributed by atoms with Gasteiger partial charge in [-0.15, -0.1) is 0 Å². The number of imidazole rings is 1. The summed E-state index contributed by atoms with van der Waals surface area (Å²) in [7, 11) is 1.70. The Hall–Kier alpha value is -2.35. The van der Waals surface area contributed by atoms with Gasteiger partial charge < -0.3 is 9.47 Å². The lowest BCUT2D eigenvalue weighted by atomic mass is 10.1. The number of aryl methyl sites for hydroxylation is 1. The molecule has 0 unspecified atom stereocenters. The molecule has 0 bridgehead atoms. The molecule has 0 spiro atoms. The molecule has 0 radical (unpaired) electrons. The molecule has 1 aromatic carbocycles. The second kappa shape index (κ2) is 7.48. The molecule has 8 heteroatoms. The van der Waals surface area contributed by atoms with Crippen LogP contribution in [0.3, 0.4) is 0 Å². The Morgan fingerprint density at radius 1 is 1.17 bits per heavy atom. The molecular weight excluding hydrogens is 434 g/mol. The highest BCUT2D eigenvalue weighted by Crippen LogP contribution is 2.33. The summed E-state index contributed by atoms with van der Waals surface area (Å²) in [6, 6.07) is 8.06. The Morgan fingerprint density at radius 2 is 1.86 bits per heavy atom. The van der Waals surface area contributed by atoms with Gasteiger partial charge in [-0.25, -0.2) is 4.79 Å². The number of rotatable bonds is 4. The average molecular weight is 460 g/mol. The molecule has 0 fully saturated rings. The molecule has 0 saturated heterocycles. The van der Waals surface area contributed by atoms with E-state index in [9.17, 15) is 9.59 Å². The summed E-state index contributed by atoms with van der Waals surface area (Å²) >= 11 is 3.48. The topological polar surface area (TPSA) is 65.1 Å². The first kappa shape index (κ1) is 19.9. The first-order valence-corrected chi connectivity index (χ1v) is 10.8. The normalized spacial score (nSPS) is 16.6. The number of anilines is 2. The van der Waals surface area contributed by atoms with Crippen molar-refractivity contribution in [3.63, 3.8) is 0 Å². The lowest BCUT2D eigenvalue weighted by Crippen LogP contribution is -2.40. The maximum absolute atomic E-state index is 13.3. The monoisotopic (exact) mass is 459 g/mol. The molecule has 1 aliphatic rings. The second-order valence-electron chi connectivity index (χ2n) is 8.37. The minimum absolute atomic E-state index is 0.243. The molecule has 0 amide bonds. The Kier molecular flexibility index (Phi) is 5.14. The first-order valence-electron chi connectivity index (χ1n) is 10.0. The number of fused-ring (bicyclic) bond motifs is 3. The summed E-state index contributed by atoms with van der Waals surface area (Å²) in [6.45, 7) is 8.28. The maximum atomic E-state index is 13.3. The summed E-state index contributed by atoms with van der Waals surface area (Å²) in [5, 5.41) is 0. The molecule has 7 nitrogen and oxygen atoms in total. The third-order valence-corrected chi connectivity index (χ3v) is 6.04. The fraction of sp³-hybridized carbons (Fsp3) is 0.476. The van der Waals surface area contributed by atoms with Crippen molar-refractivity contribution in [2.75, 3.05) is 11.4 Å². The van der Waals surface area contributed by atoms with Crippen LogP contribution in [-0.2, 0) is 20.1 Å². The molecule has 3 aromatic rings. The fourth-order valence-corrected chi connectivity index (χ4v) is 4.19. The predicted octanol–water partition coefficient (Wildman–Crippen LogP) is 3.49. The summed E-state index contributed by atoms with van der Waals surface area (Å²) in [6.07, 6.45) is 0.781. The molecule has 4 rings (SSSR count). The van der Waals surface area contributed by atoms with Crippen molar-refractivity contribution in [1.29, 1.82) is 0 Å². The van der Waals surface area contributed by atoms with Crippen molar-refractivity contribution in [1.82, 2.24) is 18.7 Å². The summed E-state index contributed by atoms with van der Waals surface area (Å²) < 4.78 is 5.86. The third kappa shape index (κ3) is 3.43. The van der Waals surface area contributed by atoms with E-state index in [1.807, 2.05) is 28.8 Å². The Bertz CT molecular complexity index is 1170. The average Bonchev–Trinajstić information content (AvgIpc) is 3.05. The van der Waals surface area contributed by atoms with Crippen LogP contribution in [0.5, 0.6) is 0 Å². The first-order chi connectivity index (χ1) is 13.8. The van der Waals surface area contributed by atoms with Gasteiger partial charge in [-0.1, -0.05) is 36.7 Å². The van der Waals surface area contributed by atoms with E-state index in [1.54, 1.807) is 7.05 Å². The standard InChI is InChI=1S/C21H26BrN5O2/c1-13(2)9-10-25-19(28)17-18(24(4)21(25)29)23-20-26(11-14(3)12-27(17)20)16-7-5-15(22)6-8-16/h5-8,13-14H,9-12H2,1-4H3/t14-/m1/s1. The van der Waals surface area contributed by atoms with Crippen LogP contribution in [0.4, 0.5) is 11.6 Å². The molecule has 1 aliphatic heterocycles. The highest BCUT2D eigenvalue weighted by atomic mass is 79.9. The van der Waals surface area contributed by atoms with E-state index in [0.717, 1.165) is 23.1 Å². The number of benzene rings is 1.